The van der Waals surface area contributed by atoms with Crippen LogP contribution in [0.4, 0.5) is 0 Å². The van der Waals surface area contributed by atoms with Crippen molar-refractivity contribution in [2.75, 3.05) is 27.8 Å². The molecule has 0 saturated carbocycles. The third kappa shape index (κ3) is 6.26. The van der Waals surface area contributed by atoms with Gasteiger partial charge in [-0.1, -0.05) is 0 Å². The van der Waals surface area contributed by atoms with Gasteiger partial charge in [-0.05, 0) is 148 Å². The van der Waals surface area contributed by atoms with E-state index in [9.17, 15) is 10.2 Å². The van der Waals surface area contributed by atoms with E-state index in [1.165, 1.54) is 0 Å². The second-order valence-electron chi connectivity index (χ2n) is 8.58. The van der Waals surface area contributed by atoms with Crippen LogP contribution in [0.1, 0.15) is 22.3 Å². The highest BCUT2D eigenvalue weighted by atomic mass is 79.9. The van der Waals surface area contributed by atoms with Gasteiger partial charge >= 0.3 is 0 Å². The third-order valence-electron chi connectivity index (χ3n) is 6.20. The summed E-state index contributed by atoms with van der Waals surface area (Å²) < 4.78 is 24.4. The molecule has 0 saturated heterocycles. The number of aromatic hydroxyl groups is 2. The fourth-order valence-electron chi connectivity index (χ4n) is 4.13. The predicted octanol–water partition coefficient (Wildman–Crippen LogP) is 9.34. The van der Waals surface area contributed by atoms with Crippen molar-refractivity contribution in [3.05, 3.63) is 64.4 Å². The first kappa shape index (κ1) is 31.0. The number of halogens is 4. The molecule has 38 heavy (non-hydrogen) atoms. The number of rotatable bonds is 6. The highest BCUT2D eigenvalue weighted by molar-refractivity contribution is 9.11. The van der Waals surface area contributed by atoms with Crippen LogP contribution in [-0.2, 0) is 9.47 Å². The number of phenolic OH excluding ortho intramolecular Hbond substituents is 2. The molecule has 4 aromatic carbocycles. The number of hydrogen-bond donors (Lipinski definition) is 2. The molecule has 0 aromatic heterocycles. The van der Waals surface area contributed by atoms with Gasteiger partial charge in [0.15, 0.2) is 13.6 Å². The number of benzene rings is 4. The van der Waals surface area contributed by atoms with Gasteiger partial charge in [-0.2, -0.15) is 0 Å². The van der Waals surface area contributed by atoms with Crippen molar-refractivity contribution >= 4 is 85.3 Å². The minimum Gasteiger partial charge on any atom is -0.506 e. The Balaban J connectivity index is 0.000000221. The lowest BCUT2D eigenvalue weighted by Gasteiger charge is -2.17. The highest BCUT2D eigenvalue weighted by Gasteiger charge is 2.17. The monoisotopic (exact) mass is 776 g/mol. The number of aryl methyl sites for hydroxylation is 4. The molecule has 0 atom stereocenters. The number of hydrogen-bond acceptors (Lipinski definition) is 6. The maximum absolute atomic E-state index is 9.83. The average Bonchev–Trinajstić information content (AvgIpc) is 2.88. The largest absolute Gasteiger partial charge is 0.506 e. The Morgan fingerprint density at radius 2 is 0.816 bits per heavy atom. The molecule has 10 heteroatoms. The second-order valence-corrected chi connectivity index (χ2v) is 12.0. The van der Waals surface area contributed by atoms with E-state index >= 15 is 0 Å². The van der Waals surface area contributed by atoms with Crippen LogP contribution in [0.25, 0.3) is 21.5 Å². The van der Waals surface area contributed by atoms with Crippen LogP contribution >= 0.6 is 63.7 Å². The molecular formula is C28H28Br4O6. The van der Waals surface area contributed by atoms with E-state index in [0.29, 0.717) is 8.95 Å². The summed E-state index contributed by atoms with van der Waals surface area (Å²) in [6.45, 7) is 8.18. The van der Waals surface area contributed by atoms with Crippen LogP contribution in [0.15, 0.2) is 42.2 Å². The molecule has 6 nitrogen and oxygen atoms in total. The molecule has 0 fully saturated rings. The van der Waals surface area contributed by atoms with E-state index in [-0.39, 0.29) is 25.1 Å². The smallest absolute Gasteiger partial charge is 0.188 e. The quantitative estimate of drug-likeness (QED) is 0.190. The zero-order valence-corrected chi connectivity index (χ0v) is 28.1. The van der Waals surface area contributed by atoms with Crippen molar-refractivity contribution in [3.63, 3.8) is 0 Å². The molecule has 0 radical (unpaired) electrons. The molecule has 0 unspecified atom stereocenters. The van der Waals surface area contributed by atoms with Crippen molar-refractivity contribution in [3.8, 4) is 23.0 Å². The summed E-state index contributed by atoms with van der Waals surface area (Å²) >= 11 is 13.7. The molecule has 4 aromatic rings. The molecule has 204 valence electrons. The Labute approximate surface area is 255 Å². The van der Waals surface area contributed by atoms with Crippen molar-refractivity contribution in [1.29, 1.82) is 0 Å². The number of ether oxygens (including phenoxy) is 4. The van der Waals surface area contributed by atoms with Gasteiger partial charge in [0.25, 0.3) is 0 Å². The lowest BCUT2D eigenvalue weighted by molar-refractivity contribution is 0.0498. The maximum atomic E-state index is 9.83. The van der Waals surface area contributed by atoms with Crippen molar-refractivity contribution in [1.82, 2.24) is 0 Å². The highest BCUT2D eigenvalue weighted by Crippen LogP contribution is 2.43. The first-order chi connectivity index (χ1) is 17.9. The lowest BCUT2D eigenvalue weighted by atomic mass is 10.00. The van der Waals surface area contributed by atoms with Crippen LogP contribution < -0.4 is 9.47 Å². The molecule has 4 rings (SSSR count). The summed E-state index contributed by atoms with van der Waals surface area (Å²) in [7, 11) is 3.20. The van der Waals surface area contributed by atoms with Crippen LogP contribution in [0.5, 0.6) is 23.0 Å². The Kier molecular flexibility index (Phi) is 10.8. The Morgan fingerprint density at radius 1 is 0.526 bits per heavy atom. The van der Waals surface area contributed by atoms with E-state index < -0.39 is 0 Å². The Hall–Kier alpha value is -1.56. The first-order valence-corrected chi connectivity index (χ1v) is 14.6. The van der Waals surface area contributed by atoms with Gasteiger partial charge in [0.2, 0.25) is 0 Å². The molecule has 0 heterocycles. The minimum atomic E-state index is 0.208. The summed E-state index contributed by atoms with van der Waals surface area (Å²) in [5, 5.41) is 23.7. The van der Waals surface area contributed by atoms with Gasteiger partial charge in [-0.15, -0.1) is 0 Å². The van der Waals surface area contributed by atoms with Crippen molar-refractivity contribution in [2.24, 2.45) is 0 Å². The van der Waals surface area contributed by atoms with E-state index in [1.54, 1.807) is 14.2 Å². The van der Waals surface area contributed by atoms with Crippen molar-refractivity contribution in [2.45, 2.75) is 27.7 Å². The van der Waals surface area contributed by atoms with Crippen molar-refractivity contribution < 1.29 is 29.2 Å². The summed E-state index contributed by atoms with van der Waals surface area (Å²) in [5.74, 6) is 2.05. The first-order valence-electron chi connectivity index (χ1n) is 11.4. The van der Waals surface area contributed by atoms with Gasteiger partial charge < -0.3 is 29.2 Å². The van der Waals surface area contributed by atoms with Crippen LogP contribution in [0, 0.1) is 27.7 Å². The Bertz CT molecular complexity index is 1390. The fraction of sp³-hybridized carbons (Fsp3) is 0.286. The van der Waals surface area contributed by atoms with Crippen LogP contribution in [0.2, 0.25) is 0 Å². The summed E-state index contributed by atoms with van der Waals surface area (Å²) in [5.41, 5.74) is 3.69. The average molecular weight is 780 g/mol. The lowest BCUT2D eigenvalue weighted by Crippen LogP contribution is -2.03. The molecule has 0 aliphatic heterocycles. The molecule has 0 aliphatic carbocycles. The maximum Gasteiger partial charge on any atom is 0.188 e. The van der Waals surface area contributed by atoms with Crippen LogP contribution in [-0.4, -0.2) is 38.0 Å². The summed E-state index contributed by atoms with van der Waals surface area (Å²) in [4.78, 5) is 0. The Morgan fingerprint density at radius 3 is 1.13 bits per heavy atom. The molecule has 0 bridgehead atoms. The molecule has 0 spiro atoms. The SMILES string of the molecule is COCOc1c(Br)cc2c(C)c(OCOC)c(Br)cc2c1C.Cc1c(O)c(Br)cc2c(C)c(O)c(Br)cc12. The number of fused-ring (bicyclic) bond motifs is 2. The number of methoxy groups -OCH3 is 2. The van der Waals surface area contributed by atoms with E-state index in [0.717, 1.165) is 64.2 Å². The summed E-state index contributed by atoms with van der Waals surface area (Å²) in [6, 6.07) is 7.71. The molecule has 2 N–H and O–H groups in total. The second kappa shape index (κ2) is 13.2. The predicted molar refractivity (Wildman–Crippen MR) is 166 cm³/mol. The van der Waals surface area contributed by atoms with Gasteiger partial charge in [0, 0.05) is 25.3 Å². The third-order valence-corrected chi connectivity index (χ3v) is 8.59. The standard InChI is InChI=1S/C16H18Br2O4.C12H10Br2O2/c1-9-11-5-14(18)16(22-8-20-4)10(2)12(11)6-13(17)15(9)21-7-19-3;1-5-7-3-10(14)12(16)6(2)8(7)4-9(13)11(5)15/h5-6H,7-8H2,1-4H3;3-4,15-16H,1-2H3. The van der Waals surface area contributed by atoms with Gasteiger partial charge in [0.05, 0.1) is 17.9 Å². The fourth-order valence-corrected chi connectivity index (χ4v) is 6.47. The molecular weight excluding hydrogens is 752 g/mol. The topological polar surface area (TPSA) is 77.4 Å². The van der Waals surface area contributed by atoms with Crippen LogP contribution in [0.3, 0.4) is 0 Å². The van der Waals surface area contributed by atoms with E-state index in [2.05, 4.69) is 63.7 Å². The zero-order valence-electron chi connectivity index (χ0n) is 21.8. The normalized spacial score (nSPS) is 11.0. The van der Waals surface area contributed by atoms with E-state index in [4.69, 9.17) is 18.9 Å². The zero-order chi connectivity index (χ0) is 28.3. The molecule has 0 amide bonds. The minimum absolute atomic E-state index is 0.208. The van der Waals surface area contributed by atoms with Gasteiger partial charge in [-0.25, -0.2) is 0 Å². The van der Waals surface area contributed by atoms with E-state index in [1.807, 2.05) is 52.0 Å². The van der Waals surface area contributed by atoms with Gasteiger partial charge in [0.1, 0.15) is 23.0 Å². The molecule has 0 aliphatic rings. The van der Waals surface area contributed by atoms with Gasteiger partial charge in [-0.3, -0.25) is 0 Å². The summed E-state index contributed by atoms with van der Waals surface area (Å²) in [6.07, 6.45) is 0. The number of phenols is 2.